The van der Waals surface area contributed by atoms with Gasteiger partial charge in [-0.05, 0) is 47.8 Å². The largest absolute Gasteiger partial charge is 0.404 e. The van der Waals surface area contributed by atoms with E-state index >= 15 is 0 Å². The normalized spacial score (nSPS) is 10.4. The van der Waals surface area contributed by atoms with Gasteiger partial charge in [0.15, 0.2) is 0 Å². The minimum atomic E-state index is -0.0838. The molecule has 0 aliphatic heterocycles. The molecule has 0 atom stereocenters. The molecule has 0 unspecified atom stereocenters. The van der Waals surface area contributed by atoms with Gasteiger partial charge in [-0.3, -0.25) is 4.98 Å². The van der Waals surface area contributed by atoms with Crippen molar-refractivity contribution in [2.45, 2.75) is 19.8 Å². The number of nitrogens with zero attached hydrogens (tertiary/aromatic N) is 2. The van der Waals surface area contributed by atoms with E-state index in [2.05, 4.69) is 40.3 Å². The molecule has 0 saturated heterocycles. The van der Waals surface area contributed by atoms with Gasteiger partial charge in [0.25, 0.3) is 0 Å². The molecule has 0 aliphatic carbocycles. The molecule has 0 saturated carbocycles. The Labute approximate surface area is 148 Å². The van der Waals surface area contributed by atoms with Crippen LogP contribution >= 0.6 is 0 Å². The Balaban J connectivity index is 2.24. The van der Waals surface area contributed by atoms with Crippen LogP contribution in [-0.2, 0) is 0 Å². The van der Waals surface area contributed by atoms with E-state index in [1.54, 1.807) is 0 Å². The molecular formula is C22H20N2O. The number of aromatic nitrogens is 1. The molecule has 3 nitrogen and oxygen atoms in total. The van der Waals surface area contributed by atoms with Crippen molar-refractivity contribution in [2.75, 3.05) is 0 Å². The fourth-order valence-corrected chi connectivity index (χ4v) is 3.16. The quantitative estimate of drug-likeness (QED) is 0.417. The minimum absolute atomic E-state index is 0.0838. The first kappa shape index (κ1) is 16.7. The summed E-state index contributed by atoms with van der Waals surface area (Å²) in [7, 11) is 0. The van der Waals surface area contributed by atoms with E-state index in [0.29, 0.717) is 0 Å². The monoisotopic (exact) mass is 328 g/mol. The Morgan fingerprint density at radius 3 is 1.80 bits per heavy atom. The van der Waals surface area contributed by atoms with Crippen LogP contribution in [0.25, 0.3) is 5.57 Å². The Hall–Kier alpha value is -3.16. The zero-order valence-corrected chi connectivity index (χ0v) is 14.3. The smallest absolute Gasteiger partial charge is 0.0436 e. The van der Waals surface area contributed by atoms with Gasteiger partial charge < -0.3 is 5.21 Å². The molecule has 1 heterocycles. The first-order chi connectivity index (χ1) is 12.2. The van der Waals surface area contributed by atoms with E-state index in [1.807, 2.05) is 62.4 Å². The summed E-state index contributed by atoms with van der Waals surface area (Å²) in [5.74, 6) is 2.74. The van der Waals surface area contributed by atoms with E-state index in [4.69, 9.17) is 0 Å². The van der Waals surface area contributed by atoms with Gasteiger partial charge in [0.05, 0.1) is 0 Å². The van der Waals surface area contributed by atoms with Crippen LogP contribution in [0.4, 0.5) is 0 Å². The van der Waals surface area contributed by atoms with Crippen molar-refractivity contribution < 1.29 is 5.21 Å². The zero-order chi connectivity index (χ0) is 17.6. The first-order valence-electron chi connectivity index (χ1n) is 8.21. The molecule has 3 rings (SSSR count). The topological polar surface area (TPSA) is 45.5 Å². The highest BCUT2D eigenvalue weighted by Crippen LogP contribution is 2.36. The van der Waals surface area contributed by atoms with Crippen molar-refractivity contribution >= 4 is 11.4 Å². The van der Waals surface area contributed by atoms with Gasteiger partial charge in [0.1, 0.15) is 0 Å². The number of hydrogen-bond donors (Lipinski definition) is 1. The van der Waals surface area contributed by atoms with Gasteiger partial charge in [-0.2, -0.15) is 0 Å². The Morgan fingerprint density at radius 2 is 1.36 bits per heavy atom. The number of rotatable bonds is 4. The van der Waals surface area contributed by atoms with Crippen LogP contribution in [0.3, 0.4) is 0 Å². The highest BCUT2D eigenvalue weighted by atomic mass is 16.4. The van der Waals surface area contributed by atoms with E-state index in [1.165, 1.54) is 0 Å². The second-order valence-corrected chi connectivity index (χ2v) is 6.02. The fourth-order valence-electron chi connectivity index (χ4n) is 3.16. The number of benzene rings is 2. The molecule has 0 fully saturated rings. The molecule has 25 heavy (non-hydrogen) atoms. The van der Waals surface area contributed by atoms with E-state index in [-0.39, 0.29) is 5.92 Å². The van der Waals surface area contributed by atoms with Crippen molar-refractivity contribution in [1.29, 1.82) is 0 Å². The lowest BCUT2D eigenvalue weighted by atomic mass is 9.82. The van der Waals surface area contributed by atoms with Crippen LogP contribution < -0.4 is 0 Å². The maximum atomic E-state index is 9.26. The Bertz CT molecular complexity index is 852. The standard InChI is InChI=1S/C22H20N2O/c1-16-13-20(14-17(2)24-16)21(15-23-25)22(18-9-5-3-6-10-18)19-11-7-4-8-12-19/h3-14,22,25H,1-2H3. The van der Waals surface area contributed by atoms with Crippen LogP contribution in [0, 0.1) is 13.8 Å². The van der Waals surface area contributed by atoms with Crippen LogP contribution in [0.2, 0.25) is 0 Å². The highest BCUT2D eigenvalue weighted by Gasteiger charge is 2.21. The third-order valence-corrected chi connectivity index (χ3v) is 4.12. The molecule has 1 aromatic heterocycles. The van der Waals surface area contributed by atoms with Gasteiger partial charge in [-0.25, -0.2) is 0 Å². The summed E-state index contributed by atoms with van der Waals surface area (Å²) in [6.07, 6.45) is 0. The van der Waals surface area contributed by atoms with Crippen LogP contribution in [0.5, 0.6) is 0 Å². The van der Waals surface area contributed by atoms with Crippen LogP contribution in [0.15, 0.2) is 78.0 Å². The van der Waals surface area contributed by atoms with Crippen LogP contribution in [-0.4, -0.2) is 16.1 Å². The average Bonchev–Trinajstić information content (AvgIpc) is 2.62. The SMILES string of the molecule is Cc1cc(C(=C=NO)C(c2ccccc2)c2ccccc2)cc(C)n1. The second kappa shape index (κ2) is 7.61. The zero-order valence-electron chi connectivity index (χ0n) is 14.3. The molecule has 3 aromatic rings. The van der Waals surface area contributed by atoms with Gasteiger partial charge in [-0.15, -0.1) is 0 Å². The van der Waals surface area contributed by atoms with Gasteiger partial charge >= 0.3 is 0 Å². The summed E-state index contributed by atoms with van der Waals surface area (Å²) in [5, 5.41) is 12.5. The summed E-state index contributed by atoms with van der Waals surface area (Å²) < 4.78 is 0. The number of aryl methyl sites for hydroxylation is 2. The molecule has 0 aliphatic rings. The van der Waals surface area contributed by atoms with Crippen molar-refractivity contribution in [3.05, 3.63) is 101 Å². The molecule has 0 radical (unpaired) electrons. The predicted molar refractivity (Wildman–Crippen MR) is 101 cm³/mol. The second-order valence-electron chi connectivity index (χ2n) is 6.02. The summed E-state index contributed by atoms with van der Waals surface area (Å²) in [5.41, 5.74) is 5.85. The summed E-state index contributed by atoms with van der Waals surface area (Å²) >= 11 is 0. The Morgan fingerprint density at radius 1 is 0.880 bits per heavy atom. The van der Waals surface area contributed by atoms with E-state index in [9.17, 15) is 5.21 Å². The number of allylic oxidation sites excluding steroid dienone is 1. The Kier molecular flexibility index (Phi) is 5.08. The molecule has 124 valence electrons. The van der Waals surface area contributed by atoms with Gasteiger partial charge in [0.2, 0.25) is 0 Å². The first-order valence-corrected chi connectivity index (χ1v) is 8.21. The van der Waals surface area contributed by atoms with Crippen LogP contribution in [0.1, 0.15) is 34.0 Å². The lowest BCUT2D eigenvalue weighted by Crippen LogP contribution is -2.06. The molecule has 0 spiro atoms. The molecular weight excluding hydrogens is 308 g/mol. The minimum Gasteiger partial charge on any atom is -0.404 e. The predicted octanol–water partition coefficient (Wildman–Crippen LogP) is 4.97. The third kappa shape index (κ3) is 3.85. The van der Waals surface area contributed by atoms with Gasteiger partial charge in [-0.1, -0.05) is 60.7 Å². The number of pyridine rings is 1. The highest BCUT2D eigenvalue weighted by molar-refractivity contribution is 5.94. The van der Waals surface area contributed by atoms with Crippen molar-refractivity contribution in [3.8, 4) is 0 Å². The molecule has 3 heteroatoms. The molecule has 0 bridgehead atoms. The lowest BCUT2D eigenvalue weighted by Gasteiger charge is -2.20. The maximum absolute atomic E-state index is 9.26. The fraction of sp³-hybridized carbons (Fsp3) is 0.136. The summed E-state index contributed by atoms with van der Waals surface area (Å²) in [6, 6.07) is 24.4. The molecule has 1 N–H and O–H groups in total. The van der Waals surface area contributed by atoms with E-state index < -0.39 is 0 Å². The molecule has 2 aromatic carbocycles. The van der Waals surface area contributed by atoms with E-state index in [0.717, 1.165) is 33.7 Å². The number of hydrogen-bond acceptors (Lipinski definition) is 3. The van der Waals surface area contributed by atoms with Crippen molar-refractivity contribution in [2.24, 2.45) is 5.16 Å². The van der Waals surface area contributed by atoms with Crippen molar-refractivity contribution in [3.63, 3.8) is 0 Å². The maximum Gasteiger partial charge on any atom is 0.0436 e. The molecule has 0 amide bonds. The van der Waals surface area contributed by atoms with Crippen molar-refractivity contribution in [1.82, 2.24) is 4.98 Å². The third-order valence-electron chi connectivity index (χ3n) is 4.12. The average molecular weight is 328 g/mol. The summed E-state index contributed by atoms with van der Waals surface area (Å²) in [4.78, 5) is 4.45. The van der Waals surface area contributed by atoms with Gasteiger partial charge in [0, 0.05) is 28.7 Å². The lowest BCUT2D eigenvalue weighted by molar-refractivity contribution is 0.323. The summed E-state index contributed by atoms with van der Waals surface area (Å²) in [6.45, 7) is 3.93.